The van der Waals surface area contributed by atoms with Gasteiger partial charge in [0.25, 0.3) is 0 Å². The maximum atomic E-state index is 6.54. The second-order valence-electron chi connectivity index (χ2n) is 4.83. The standard InChI is InChI=1S/C14H20BrClO/c1-5-14(3,4)13(16)10-7-8-12(17-6-2)11(15)9-10/h7-9,13H,5-6H2,1-4H3. The van der Waals surface area contributed by atoms with E-state index in [0.717, 1.165) is 22.2 Å². The lowest BCUT2D eigenvalue weighted by Crippen LogP contribution is -2.16. The van der Waals surface area contributed by atoms with Crippen LogP contribution < -0.4 is 4.74 Å². The first-order valence-electron chi connectivity index (χ1n) is 5.98. The number of halogens is 2. The van der Waals surface area contributed by atoms with E-state index in [2.05, 4.69) is 42.8 Å². The number of ether oxygens (including phenoxy) is 1. The molecule has 1 aromatic carbocycles. The summed E-state index contributed by atoms with van der Waals surface area (Å²) in [6.07, 6.45) is 1.05. The van der Waals surface area contributed by atoms with Crippen molar-refractivity contribution < 1.29 is 4.74 Å². The molecule has 0 aliphatic heterocycles. The van der Waals surface area contributed by atoms with E-state index >= 15 is 0 Å². The van der Waals surface area contributed by atoms with Crippen molar-refractivity contribution in [3.63, 3.8) is 0 Å². The van der Waals surface area contributed by atoms with Crippen LogP contribution in [0.2, 0.25) is 0 Å². The topological polar surface area (TPSA) is 9.23 Å². The lowest BCUT2D eigenvalue weighted by Gasteiger charge is -2.29. The number of alkyl halides is 1. The van der Waals surface area contributed by atoms with Crippen LogP contribution in [-0.2, 0) is 0 Å². The fraction of sp³-hybridized carbons (Fsp3) is 0.571. The highest BCUT2D eigenvalue weighted by atomic mass is 79.9. The van der Waals surface area contributed by atoms with Crippen molar-refractivity contribution in [3.05, 3.63) is 28.2 Å². The monoisotopic (exact) mass is 318 g/mol. The van der Waals surface area contributed by atoms with Crippen LogP contribution in [-0.4, -0.2) is 6.61 Å². The lowest BCUT2D eigenvalue weighted by atomic mass is 9.83. The molecule has 0 N–H and O–H groups in total. The molecule has 0 aliphatic rings. The van der Waals surface area contributed by atoms with E-state index in [1.54, 1.807) is 0 Å². The second-order valence-corrected chi connectivity index (χ2v) is 6.12. The molecule has 0 radical (unpaired) electrons. The average Bonchev–Trinajstić information content (AvgIpc) is 2.31. The van der Waals surface area contributed by atoms with Gasteiger partial charge in [-0.2, -0.15) is 0 Å². The molecule has 17 heavy (non-hydrogen) atoms. The molecule has 0 aliphatic carbocycles. The zero-order chi connectivity index (χ0) is 13.1. The molecule has 0 aromatic heterocycles. The summed E-state index contributed by atoms with van der Waals surface area (Å²) in [5.41, 5.74) is 1.22. The molecule has 0 heterocycles. The minimum absolute atomic E-state index is 0.0134. The molecule has 3 heteroatoms. The van der Waals surface area contributed by atoms with E-state index in [9.17, 15) is 0 Å². The zero-order valence-electron chi connectivity index (χ0n) is 10.9. The molecule has 96 valence electrons. The molecule has 0 spiro atoms. The summed E-state index contributed by atoms with van der Waals surface area (Å²) in [5.74, 6) is 0.870. The van der Waals surface area contributed by atoms with E-state index in [4.69, 9.17) is 16.3 Å². The lowest BCUT2D eigenvalue weighted by molar-refractivity contribution is 0.331. The molecule has 1 atom stereocenters. The van der Waals surface area contributed by atoms with Gasteiger partial charge in [-0.3, -0.25) is 0 Å². The van der Waals surface area contributed by atoms with Crippen LogP contribution >= 0.6 is 27.5 Å². The predicted molar refractivity (Wildman–Crippen MR) is 78.0 cm³/mol. The van der Waals surface area contributed by atoms with Crippen LogP contribution in [0.1, 0.15) is 45.1 Å². The Kier molecular flexibility index (Phi) is 5.33. The Labute approximate surface area is 118 Å². The largest absolute Gasteiger partial charge is 0.493 e. The Bertz CT molecular complexity index is 376. The van der Waals surface area contributed by atoms with E-state index < -0.39 is 0 Å². The normalized spacial score (nSPS) is 13.5. The predicted octanol–water partition coefficient (Wildman–Crippen LogP) is 5.56. The molecule has 0 saturated carbocycles. The van der Waals surface area contributed by atoms with E-state index in [1.807, 2.05) is 19.1 Å². The van der Waals surface area contributed by atoms with Gasteiger partial charge in [-0.15, -0.1) is 11.6 Å². The van der Waals surface area contributed by atoms with E-state index in [1.165, 1.54) is 0 Å². The van der Waals surface area contributed by atoms with Gasteiger partial charge in [0.05, 0.1) is 16.5 Å². The van der Waals surface area contributed by atoms with Crippen molar-refractivity contribution in [2.45, 2.75) is 39.5 Å². The minimum atomic E-state index is 0.0134. The molecule has 0 amide bonds. The van der Waals surface area contributed by atoms with Crippen LogP contribution in [0.15, 0.2) is 22.7 Å². The molecule has 1 rings (SSSR count). The van der Waals surface area contributed by atoms with Crippen LogP contribution in [0.25, 0.3) is 0 Å². The Morgan fingerprint density at radius 3 is 2.47 bits per heavy atom. The Morgan fingerprint density at radius 1 is 1.35 bits per heavy atom. The number of rotatable bonds is 5. The third-order valence-electron chi connectivity index (χ3n) is 3.15. The van der Waals surface area contributed by atoms with Crippen molar-refractivity contribution in [1.82, 2.24) is 0 Å². The van der Waals surface area contributed by atoms with Gasteiger partial charge in [0.1, 0.15) is 5.75 Å². The number of hydrogen-bond acceptors (Lipinski definition) is 1. The molecule has 1 nitrogen and oxygen atoms in total. The van der Waals surface area contributed by atoms with Gasteiger partial charge in [-0.1, -0.05) is 26.8 Å². The van der Waals surface area contributed by atoms with Gasteiger partial charge in [-0.25, -0.2) is 0 Å². The fourth-order valence-corrected chi connectivity index (χ4v) is 2.38. The highest BCUT2D eigenvalue weighted by molar-refractivity contribution is 9.10. The highest BCUT2D eigenvalue weighted by Crippen LogP contribution is 2.42. The van der Waals surface area contributed by atoms with Crippen LogP contribution in [0, 0.1) is 5.41 Å². The van der Waals surface area contributed by atoms with Gasteiger partial charge in [0.15, 0.2) is 0 Å². The summed E-state index contributed by atoms with van der Waals surface area (Å²) in [4.78, 5) is 0. The molecular weight excluding hydrogens is 300 g/mol. The summed E-state index contributed by atoms with van der Waals surface area (Å²) in [7, 11) is 0. The fourth-order valence-electron chi connectivity index (χ4n) is 1.58. The van der Waals surface area contributed by atoms with E-state index in [-0.39, 0.29) is 10.8 Å². The summed E-state index contributed by atoms with van der Waals surface area (Å²) >= 11 is 10.1. The quantitative estimate of drug-likeness (QED) is 0.645. The maximum absolute atomic E-state index is 6.54. The molecule has 1 aromatic rings. The van der Waals surface area contributed by atoms with E-state index in [0.29, 0.717) is 6.61 Å². The van der Waals surface area contributed by atoms with Crippen molar-refractivity contribution in [3.8, 4) is 5.75 Å². The Balaban J connectivity index is 2.97. The SMILES string of the molecule is CCOc1ccc(C(Cl)C(C)(C)CC)cc1Br. The number of benzene rings is 1. The summed E-state index contributed by atoms with van der Waals surface area (Å²) < 4.78 is 6.46. The van der Waals surface area contributed by atoms with Gasteiger partial charge >= 0.3 is 0 Å². The van der Waals surface area contributed by atoms with Crippen molar-refractivity contribution >= 4 is 27.5 Å². The first-order chi connectivity index (χ1) is 7.92. The highest BCUT2D eigenvalue weighted by Gasteiger charge is 2.27. The zero-order valence-corrected chi connectivity index (χ0v) is 13.2. The van der Waals surface area contributed by atoms with Crippen molar-refractivity contribution in [1.29, 1.82) is 0 Å². The van der Waals surface area contributed by atoms with Crippen LogP contribution in [0.4, 0.5) is 0 Å². The first kappa shape index (κ1) is 14.8. The first-order valence-corrected chi connectivity index (χ1v) is 7.21. The van der Waals surface area contributed by atoms with Gasteiger partial charge in [0, 0.05) is 0 Å². The van der Waals surface area contributed by atoms with Crippen LogP contribution in [0.3, 0.4) is 0 Å². The van der Waals surface area contributed by atoms with Crippen molar-refractivity contribution in [2.24, 2.45) is 5.41 Å². The third-order valence-corrected chi connectivity index (χ3v) is 4.61. The Hall–Kier alpha value is -0.210. The second kappa shape index (κ2) is 6.10. The molecule has 0 fully saturated rings. The summed E-state index contributed by atoms with van der Waals surface area (Å²) in [5, 5.41) is 0.0134. The van der Waals surface area contributed by atoms with Gasteiger partial charge in [0.2, 0.25) is 0 Å². The van der Waals surface area contributed by atoms with Crippen LogP contribution in [0.5, 0.6) is 5.75 Å². The average molecular weight is 320 g/mol. The summed E-state index contributed by atoms with van der Waals surface area (Å²) in [6.45, 7) is 9.19. The van der Waals surface area contributed by atoms with Gasteiger partial charge < -0.3 is 4.74 Å². The molecule has 0 saturated heterocycles. The van der Waals surface area contributed by atoms with Crippen molar-refractivity contribution in [2.75, 3.05) is 6.61 Å². The smallest absolute Gasteiger partial charge is 0.133 e. The molecule has 1 unspecified atom stereocenters. The van der Waals surface area contributed by atoms with Gasteiger partial charge in [-0.05, 0) is 52.4 Å². The molecular formula is C14H20BrClO. The minimum Gasteiger partial charge on any atom is -0.493 e. The molecule has 0 bridgehead atoms. The maximum Gasteiger partial charge on any atom is 0.133 e. The summed E-state index contributed by atoms with van der Waals surface area (Å²) in [6, 6.07) is 6.08. The third kappa shape index (κ3) is 3.62. The Morgan fingerprint density at radius 2 is 2.00 bits per heavy atom. The number of hydrogen-bond donors (Lipinski definition) is 0.